The summed E-state index contributed by atoms with van der Waals surface area (Å²) >= 11 is 0. The van der Waals surface area contributed by atoms with E-state index in [4.69, 9.17) is 0 Å². The van der Waals surface area contributed by atoms with E-state index in [1.807, 2.05) is 13.8 Å². The lowest BCUT2D eigenvalue weighted by Crippen LogP contribution is -2.45. The highest BCUT2D eigenvalue weighted by Crippen LogP contribution is 2.27. The predicted molar refractivity (Wildman–Crippen MR) is 52.2 cm³/mol. The lowest BCUT2D eigenvalue weighted by Gasteiger charge is -2.32. The van der Waals surface area contributed by atoms with Crippen LogP contribution in [0.1, 0.15) is 40.5 Å². The maximum absolute atomic E-state index is 13.4. The van der Waals surface area contributed by atoms with E-state index < -0.39 is 12.0 Å². The van der Waals surface area contributed by atoms with Crippen molar-refractivity contribution in [2.45, 2.75) is 52.5 Å². The standard InChI is InChI=1S/C10H21F2N/c1-5-8-10(11,12)9(4)13(6-2)7-3/h9H,5-8H2,1-4H3. The molecule has 0 aliphatic rings. The smallest absolute Gasteiger partial charge is 0.263 e. The van der Waals surface area contributed by atoms with E-state index in [0.717, 1.165) is 0 Å². The summed E-state index contributed by atoms with van der Waals surface area (Å²) < 4.78 is 26.8. The number of hydrogen-bond acceptors (Lipinski definition) is 1. The van der Waals surface area contributed by atoms with E-state index in [9.17, 15) is 8.78 Å². The Bertz CT molecular complexity index is 133. The van der Waals surface area contributed by atoms with Gasteiger partial charge in [-0.15, -0.1) is 0 Å². The average molecular weight is 193 g/mol. The van der Waals surface area contributed by atoms with Crippen molar-refractivity contribution in [1.82, 2.24) is 4.90 Å². The monoisotopic (exact) mass is 193 g/mol. The minimum atomic E-state index is -2.54. The molecule has 0 aromatic carbocycles. The first-order valence-electron chi connectivity index (χ1n) is 5.11. The van der Waals surface area contributed by atoms with Crippen molar-refractivity contribution in [2.75, 3.05) is 13.1 Å². The molecule has 0 bridgehead atoms. The number of halogens is 2. The van der Waals surface area contributed by atoms with Gasteiger partial charge in [0.25, 0.3) is 5.92 Å². The quantitative estimate of drug-likeness (QED) is 0.626. The van der Waals surface area contributed by atoms with Crippen LogP contribution in [0.5, 0.6) is 0 Å². The first-order valence-corrected chi connectivity index (χ1v) is 5.11. The van der Waals surface area contributed by atoms with Crippen LogP contribution in [0.3, 0.4) is 0 Å². The molecule has 0 saturated heterocycles. The largest absolute Gasteiger partial charge is 0.296 e. The molecule has 0 saturated carbocycles. The summed E-state index contributed by atoms with van der Waals surface area (Å²) in [5, 5.41) is 0. The van der Waals surface area contributed by atoms with Crippen LogP contribution in [0.25, 0.3) is 0 Å². The highest BCUT2D eigenvalue weighted by Gasteiger charge is 2.37. The van der Waals surface area contributed by atoms with Crippen molar-refractivity contribution in [3.63, 3.8) is 0 Å². The zero-order chi connectivity index (χ0) is 10.5. The Morgan fingerprint density at radius 2 is 1.62 bits per heavy atom. The molecular formula is C10H21F2N. The molecule has 3 heteroatoms. The van der Waals surface area contributed by atoms with Crippen LogP contribution in [0, 0.1) is 0 Å². The Labute approximate surface area is 80.1 Å². The molecular weight excluding hydrogens is 172 g/mol. The third-order valence-corrected chi connectivity index (χ3v) is 2.55. The number of hydrogen-bond donors (Lipinski definition) is 0. The zero-order valence-electron chi connectivity index (χ0n) is 9.11. The second-order valence-electron chi connectivity index (χ2n) is 3.41. The number of nitrogens with zero attached hydrogens (tertiary/aromatic N) is 1. The molecule has 0 aromatic rings. The van der Waals surface area contributed by atoms with Crippen molar-refractivity contribution < 1.29 is 8.78 Å². The highest BCUT2D eigenvalue weighted by molar-refractivity contribution is 4.80. The topological polar surface area (TPSA) is 3.24 Å². The second kappa shape index (κ2) is 5.53. The van der Waals surface area contributed by atoms with Crippen molar-refractivity contribution in [3.05, 3.63) is 0 Å². The summed E-state index contributed by atoms with van der Waals surface area (Å²) in [5.41, 5.74) is 0. The lowest BCUT2D eigenvalue weighted by atomic mass is 10.1. The van der Waals surface area contributed by atoms with Crippen LogP contribution in [0.15, 0.2) is 0 Å². The van der Waals surface area contributed by atoms with E-state index >= 15 is 0 Å². The molecule has 0 N–H and O–H groups in total. The van der Waals surface area contributed by atoms with E-state index in [1.54, 1.807) is 18.7 Å². The zero-order valence-corrected chi connectivity index (χ0v) is 9.11. The van der Waals surface area contributed by atoms with Gasteiger partial charge in [0.05, 0.1) is 6.04 Å². The molecule has 0 aliphatic heterocycles. The van der Waals surface area contributed by atoms with Gasteiger partial charge in [-0.2, -0.15) is 0 Å². The fourth-order valence-corrected chi connectivity index (χ4v) is 1.58. The van der Waals surface area contributed by atoms with Crippen LogP contribution < -0.4 is 0 Å². The summed E-state index contributed by atoms with van der Waals surface area (Å²) in [4.78, 5) is 1.80. The molecule has 0 spiro atoms. The molecule has 1 nitrogen and oxygen atoms in total. The van der Waals surface area contributed by atoms with Crippen molar-refractivity contribution in [3.8, 4) is 0 Å². The van der Waals surface area contributed by atoms with Gasteiger partial charge in [-0.3, -0.25) is 4.90 Å². The van der Waals surface area contributed by atoms with E-state index in [-0.39, 0.29) is 6.42 Å². The lowest BCUT2D eigenvalue weighted by molar-refractivity contribution is -0.0792. The SMILES string of the molecule is CCCC(F)(F)C(C)N(CC)CC. The Morgan fingerprint density at radius 1 is 1.15 bits per heavy atom. The Balaban J connectivity index is 4.26. The number of rotatable bonds is 6. The molecule has 0 rings (SSSR count). The molecule has 0 fully saturated rings. The molecule has 0 aromatic heterocycles. The Hall–Kier alpha value is -0.180. The number of alkyl halides is 2. The fourth-order valence-electron chi connectivity index (χ4n) is 1.58. The van der Waals surface area contributed by atoms with Gasteiger partial charge in [-0.05, 0) is 20.0 Å². The van der Waals surface area contributed by atoms with Gasteiger partial charge in [0.1, 0.15) is 0 Å². The van der Waals surface area contributed by atoms with Crippen molar-refractivity contribution in [1.29, 1.82) is 0 Å². The second-order valence-corrected chi connectivity index (χ2v) is 3.41. The molecule has 80 valence electrons. The average Bonchev–Trinajstić information content (AvgIpc) is 2.06. The molecule has 1 unspecified atom stereocenters. The fraction of sp³-hybridized carbons (Fsp3) is 1.00. The first kappa shape index (κ1) is 12.8. The van der Waals surface area contributed by atoms with Gasteiger partial charge in [0, 0.05) is 6.42 Å². The third-order valence-electron chi connectivity index (χ3n) is 2.55. The third kappa shape index (κ3) is 3.59. The summed E-state index contributed by atoms with van der Waals surface area (Å²) in [5.74, 6) is -2.54. The maximum atomic E-state index is 13.4. The van der Waals surface area contributed by atoms with Crippen LogP contribution in [-0.2, 0) is 0 Å². The molecule has 1 atom stereocenters. The minimum absolute atomic E-state index is 0.00926. The predicted octanol–water partition coefficient (Wildman–Crippen LogP) is 3.15. The normalized spacial score (nSPS) is 15.0. The maximum Gasteiger partial charge on any atom is 0.263 e. The molecule has 0 aliphatic carbocycles. The van der Waals surface area contributed by atoms with Gasteiger partial charge >= 0.3 is 0 Å². The van der Waals surface area contributed by atoms with Gasteiger partial charge in [-0.25, -0.2) is 8.78 Å². The Morgan fingerprint density at radius 3 is 1.92 bits per heavy atom. The van der Waals surface area contributed by atoms with Crippen LogP contribution in [0.4, 0.5) is 8.78 Å². The summed E-state index contributed by atoms with van der Waals surface area (Å²) in [6.45, 7) is 8.63. The highest BCUT2D eigenvalue weighted by atomic mass is 19.3. The van der Waals surface area contributed by atoms with E-state index in [2.05, 4.69) is 0 Å². The van der Waals surface area contributed by atoms with Crippen molar-refractivity contribution in [2.24, 2.45) is 0 Å². The Kier molecular flexibility index (Phi) is 5.45. The molecule has 0 heterocycles. The van der Waals surface area contributed by atoms with Gasteiger partial charge in [0.2, 0.25) is 0 Å². The van der Waals surface area contributed by atoms with Crippen LogP contribution in [0.2, 0.25) is 0 Å². The van der Waals surface area contributed by atoms with Crippen molar-refractivity contribution >= 4 is 0 Å². The van der Waals surface area contributed by atoms with Gasteiger partial charge < -0.3 is 0 Å². The van der Waals surface area contributed by atoms with E-state index in [0.29, 0.717) is 19.5 Å². The summed E-state index contributed by atoms with van der Waals surface area (Å²) in [6.07, 6.45) is 0.531. The van der Waals surface area contributed by atoms with E-state index in [1.165, 1.54) is 0 Å². The minimum Gasteiger partial charge on any atom is -0.296 e. The van der Waals surface area contributed by atoms with Gasteiger partial charge in [-0.1, -0.05) is 27.2 Å². The van der Waals surface area contributed by atoms with Gasteiger partial charge in [0.15, 0.2) is 0 Å². The molecule has 0 amide bonds. The first-order chi connectivity index (χ1) is 5.99. The van der Waals surface area contributed by atoms with Crippen LogP contribution >= 0.6 is 0 Å². The summed E-state index contributed by atoms with van der Waals surface area (Å²) in [6, 6.07) is -0.637. The van der Waals surface area contributed by atoms with Crippen LogP contribution in [-0.4, -0.2) is 30.0 Å². The summed E-state index contributed by atoms with van der Waals surface area (Å²) in [7, 11) is 0. The molecule has 13 heavy (non-hydrogen) atoms. The molecule has 0 radical (unpaired) electrons.